The second kappa shape index (κ2) is 3.83. The lowest BCUT2D eigenvalue weighted by molar-refractivity contribution is 0.430. The molecular weight excluding hydrogens is 210 g/mol. The number of hydrogen-bond donors (Lipinski definition) is 2. The molecule has 0 fully saturated rings. The van der Waals surface area contributed by atoms with Crippen molar-refractivity contribution in [1.29, 1.82) is 0 Å². The van der Waals surface area contributed by atoms with E-state index in [1.165, 1.54) is 0 Å². The number of aliphatic hydroxyl groups excluding tert-OH is 1. The Balaban J connectivity index is 2.45. The lowest BCUT2D eigenvalue weighted by Crippen LogP contribution is -2.13. The van der Waals surface area contributed by atoms with Crippen LogP contribution in [-0.2, 0) is 0 Å². The van der Waals surface area contributed by atoms with E-state index in [-0.39, 0.29) is 5.76 Å². The fourth-order valence-corrected chi connectivity index (χ4v) is 1.68. The molecule has 2 nitrogen and oxygen atoms in total. The molecule has 0 radical (unpaired) electrons. The molecule has 0 spiro atoms. The van der Waals surface area contributed by atoms with Crippen LogP contribution in [0.2, 0.25) is 5.02 Å². The molecule has 1 aromatic carbocycles. The molecule has 3 heteroatoms. The summed E-state index contributed by atoms with van der Waals surface area (Å²) >= 11 is 6.04. The Hall–Kier alpha value is -1.67. The van der Waals surface area contributed by atoms with Crippen molar-refractivity contribution in [2.24, 2.45) is 0 Å². The smallest absolute Gasteiger partial charge is 0.119 e. The zero-order valence-electron chi connectivity index (χ0n) is 8.00. The molecule has 0 bridgehead atoms. The summed E-state index contributed by atoms with van der Waals surface area (Å²) in [6.07, 6.45) is 3.18. The van der Waals surface area contributed by atoms with Crippen LogP contribution >= 0.6 is 11.6 Å². The van der Waals surface area contributed by atoms with Crippen LogP contribution in [0.25, 0.3) is 5.70 Å². The largest absolute Gasteiger partial charge is 0.508 e. The Morgan fingerprint density at radius 2 is 1.93 bits per heavy atom. The molecule has 76 valence electrons. The maximum atomic E-state index is 9.44. The summed E-state index contributed by atoms with van der Waals surface area (Å²) in [6.45, 7) is 3.74. The van der Waals surface area contributed by atoms with E-state index in [2.05, 4.69) is 11.9 Å². The Morgan fingerprint density at radius 1 is 1.20 bits per heavy atom. The molecule has 0 amide bonds. The lowest BCUT2D eigenvalue weighted by Gasteiger charge is -2.16. The first kappa shape index (κ1) is 9.87. The van der Waals surface area contributed by atoms with Gasteiger partial charge in [-0.1, -0.05) is 36.4 Å². The standard InChI is InChI=1S/C12H10ClNO/c1-8-6-9(15)7-12(14-8)10-4-2-3-5-11(10)13/h2-7,14-15H,1H2. The average molecular weight is 220 g/mol. The maximum Gasteiger partial charge on any atom is 0.119 e. The van der Waals surface area contributed by atoms with Crippen molar-refractivity contribution >= 4 is 17.3 Å². The third-order valence-corrected chi connectivity index (χ3v) is 2.40. The predicted octanol–water partition coefficient (Wildman–Crippen LogP) is 3.24. The Bertz CT molecular complexity index is 474. The molecule has 0 aromatic heterocycles. The summed E-state index contributed by atoms with van der Waals surface area (Å²) < 4.78 is 0. The van der Waals surface area contributed by atoms with Gasteiger partial charge in [-0.15, -0.1) is 0 Å². The van der Waals surface area contributed by atoms with E-state index in [0.717, 1.165) is 11.3 Å². The molecular formula is C12H10ClNO. The summed E-state index contributed by atoms with van der Waals surface area (Å²) in [6, 6.07) is 7.44. The van der Waals surface area contributed by atoms with Gasteiger partial charge >= 0.3 is 0 Å². The van der Waals surface area contributed by atoms with Crippen LogP contribution in [0, 0.1) is 0 Å². The van der Waals surface area contributed by atoms with Crippen LogP contribution in [0.1, 0.15) is 5.56 Å². The fourth-order valence-electron chi connectivity index (χ4n) is 1.44. The highest BCUT2D eigenvalue weighted by Crippen LogP contribution is 2.25. The number of rotatable bonds is 1. The Kier molecular flexibility index (Phi) is 2.52. The van der Waals surface area contributed by atoms with Gasteiger partial charge in [0.25, 0.3) is 0 Å². The molecule has 0 unspecified atom stereocenters. The molecule has 0 atom stereocenters. The van der Waals surface area contributed by atoms with Crippen molar-refractivity contribution in [3.8, 4) is 0 Å². The minimum atomic E-state index is 0.175. The van der Waals surface area contributed by atoms with Crippen molar-refractivity contribution in [3.63, 3.8) is 0 Å². The van der Waals surface area contributed by atoms with Gasteiger partial charge in [-0.05, 0) is 6.07 Å². The number of hydrogen-bond acceptors (Lipinski definition) is 2. The van der Waals surface area contributed by atoms with E-state index in [9.17, 15) is 5.11 Å². The van der Waals surface area contributed by atoms with E-state index >= 15 is 0 Å². The highest BCUT2D eigenvalue weighted by Gasteiger charge is 2.10. The van der Waals surface area contributed by atoms with Gasteiger partial charge in [-0.2, -0.15) is 0 Å². The molecule has 2 rings (SSSR count). The average Bonchev–Trinajstić information content (AvgIpc) is 2.16. The first-order valence-corrected chi connectivity index (χ1v) is 4.88. The summed E-state index contributed by atoms with van der Waals surface area (Å²) in [5.74, 6) is 0.175. The Labute approximate surface area is 93.2 Å². The molecule has 15 heavy (non-hydrogen) atoms. The first-order chi connectivity index (χ1) is 7.16. The zero-order chi connectivity index (χ0) is 10.8. The second-order valence-electron chi connectivity index (χ2n) is 3.26. The van der Waals surface area contributed by atoms with Crippen molar-refractivity contribution in [2.45, 2.75) is 0 Å². The van der Waals surface area contributed by atoms with E-state index in [4.69, 9.17) is 11.6 Å². The molecule has 1 heterocycles. The van der Waals surface area contributed by atoms with Crippen LogP contribution < -0.4 is 5.32 Å². The number of aliphatic hydroxyl groups is 1. The molecule has 0 saturated carbocycles. The van der Waals surface area contributed by atoms with Crippen LogP contribution in [0.5, 0.6) is 0 Å². The van der Waals surface area contributed by atoms with Gasteiger partial charge in [0.05, 0.1) is 5.70 Å². The third kappa shape index (κ3) is 2.05. The van der Waals surface area contributed by atoms with Crippen LogP contribution in [0.15, 0.2) is 54.5 Å². The lowest BCUT2D eigenvalue weighted by atomic mass is 10.1. The zero-order valence-corrected chi connectivity index (χ0v) is 8.75. The van der Waals surface area contributed by atoms with Gasteiger partial charge in [0, 0.05) is 28.4 Å². The van der Waals surface area contributed by atoms with Gasteiger partial charge in [-0.3, -0.25) is 0 Å². The van der Waals surface area contributed by atoms with Crippen LogP contribution in [-0.4, -0.2) is 5.11 Å². The van der Waals surface area contributed by atoms with Gasteiger partial charge in [0.1, 0.15) is 5.76 Å². The molecule has 0 saturated heterocycles. The predicted molar refractivity (Wildman–Crippen MR) is 62.4 cm³/mol. The molecule has 1 aliphatic rings. The Morgan fingerprint density at radius 3 is 2.60 bits per heavy atom. The van der Waals surface area contributed by atoms with Gasteiger partial charge < -0.3 is 10.4 Å². The van der Waals surface area contributed by atoms with Crippen LogP contribution in [0.3, 0.4) is 0 Å². The number of halogens is 1. The van der Waals surface area contributed by atoms with Crippen molar-refractivity contribution in [2.75, 3.05) is 0 Å². The van der Waals surface area contributed by atoms with Crippen molar-refractivity contribution < 1.29 is 5.11 Å². The van der Waals surface area contributed by atoms with Crippen molar-refractivity contribution in [3.05, 3.63) is 65.0 Å². The number of nitrogens with one attached hydrogen (secondary N) is 1. The first-order valence-electron chi connectivity index (χ1n) is 4.50. The molecule has 1 aromatic rings. The highest BCUT2D eigenvalue weighted by molar-refractivity contribution is 6.32. The quantitative estimate of drug-likeness (QED) is 0.760. The molecule has 2 N–H and O–H groups in total. The number of benzene rings is 1. The molecule has 1 aliphatic heterocycles. The van der Waals surface area contributed by atoms with E-state index in [1.807, 2.05) is 18.2 Å². The normalized spacial score (nSPS) is 15.4. The number of allylic oxidation sites excluding steroid dienone is 2. The topological polar surface area (TPSA) is 32.3 Å². The summed E-state index contributed by atoms with van der Waals surface area (Å²) in [7, 11) is 0. The van der Waals surface area contributed by atoms with Crippen molar-refractivity contribution in [1.82, 2.24) is 5.32 Å². The van der Waals surface area contributed by atoms with Gasteiger partial charge in [0.2, 0.25) is 0 Å². The molecule has 0 aliphatic carbocycles. The van der Waals surface area contributed by atoms with Crippen LogP contribution in [0.4, 0.5) is 0 Å². The maximum absolute atomic E-state index is 9.44. The van der Waals surface area contributed by atoms with Gasteiger partial charge in [0.15, 0.2) is 0 Å². The fraction of sp³-hybridized carbons (Fsp3) is 0. The summed E-state index contributed by atoms with van der Waals surface area (Å²) in [5.41, 5.74) is 2.25. The second-order valence-corrected chi connectivity index (χ2v) is 3.66. The monoisotopic (exact) mass is 219 g/mol. The van der Waals surface area contributed by atoms with E-state index in [1.54, 1.807) is 18.2 Å². The summed E-state index contributed by atoms with van der Waals surface area (Å²) in [5, 5.41) is 13.1. The third-order valence-electron chi connectivity index (χ3n) is 2.07. The SMILES string of the molecule is C=C1C=C(O)C=C(c2ccccc2Cl)N1. The van der Waals surface area contributed by atoms with Gasteiger partial charge in [-0.25, -0.2) is 0 Å². The number of dihydropyridines is 1. The van der Waals surface area contributed by atoms with E-state index < -0.39 is 0 Å². The minimum Gasteiger partial charge on any atom is -0.508 e. The minimum absolute atomic E-state index is 0.175. The highest BCUT2D eigenvalue weighted by atomic mass is 35.5. The summed E-state index contributed by atoms with van der Waals surface area (Å²) in [4.78, 5) is 0. The van der Waals surface area contributed by atoms with E-state index in [0.29, 0.717) is 10.7 Å².